The molecule has 9 aromatic carbocycles. The smallest absolute Gasteiger partial charge is 0.309 e. The third kappa shape index (κ3) is 7.34. The fourth-order valence-electron chi connectivity index (χ4n) is 9.59. The van der Waals surface area contributed by atoms with Crippen LogP contribution < -0.4 is 0 Å². The van der Waals surface area contributed by atoms with Crippen molar-refractivity contribution in [3.63, 3.8) is 0 Å². The summed E-state index contributed by atoms with van der Waals surface area (Å²) in [5.74, 6) is 0.999. The Balaban J connectivity index is 1.23. The first-order valence-electron chi connectivity index (χ1n) is 22.4. The number of aromatic nitrogens is 5. The quantitative estimate of drug-likeness (QED) is 0.150. The molecule has 0 aliphatic carbocycles. The van der Waals surface area contributed by atoms with Gasteiger partial charge >= 0.3 is 12.4 Å². The molecule has 0 saturated carbocycles. The molecule has 0 N–H and O–H groups in total. The average molecular weight is 928 g/mol. The van der Waals surface area contributed by atoms with Gasteiger partial charge in [0.1, 0.15) is 0 Å². The lowest BCUT2D eigenvalue weighted by Gasteiger charge is -2.22. The van der Waals surface area contributed by atoms with Crippen molar-refractivity contribution < 1.29 is 26.3 Å². The van der Waals surface area contributed by atoms with Gasteiger partial charge in [-0.3, -0.25) is 0 Å². The number of hydrogen-bond acceptors (Lipinski definition) is 3. The van der Waals surface area contributed by atoms with Crippen molar-refractivity contribution in [3.05, 3.63) is 223 Å². The summed E-state index contributed by atoms with van der Waals surface area (Å²) in [4.78, 5) is 14.9. The van der Waals surface area contributed by atoms with Gasteiger partial charge in [-0.25, -0.2) is 15.0 Å². The second-order valence-corrected chi connectivity index (χ2v) is 17.0. The molecule has 12 aromatic rings. The molecule has 0 atom stereocenters. The first-order chi connectivity index (χ1) is 34.0. The molecule has 5 nitrogen and oxygen atoms in total. The molecular weight excluding hydrogens is 893 g/mol. The molecule has 0 amide bonds. The maximum atomic E-state index is 14.3. The zero-order valence-electron chi connectivity index (χ0n) is 36.7. The van der Waals surface area contributed by atoms with E-state index in [-0.39, 0.29) is 5.82 Å². The number of fused-ring (bicyclic) bond motifs is 6. The van der Waals surface area contributed by atoms with Gasteiger partial charge in [-0.05, 0) is 83.9 Å². The van der Waals surface area contributed by atoms with Crippen molar-refractivity contribution in [1.29, 1.82) is 0 Å². The number of para-hydroxylation sites is 3. The van der Waals surface area contributed by atoms with Crippen LogP contribution in [0.1, 0.15) is 11.1 Å². The molecule has 0 unspecified atom stereocenters. The Hall–Kier alpha value is -8.83. The average Bonchev–Trinajstić information content (AvgIpc) is 3.89. The topological polar surface area (TPSA) is 48.5 Å². The number of alkyl halides is 6. The summed E-state index contributed by atoms with van der Waals surface area (Å²) in [5, 5.41) is 3.85. The highest BCUT2D eigenvalue weighted by atomic mass is 19.4. The Morgan fingerprint density at radius 2 is 0.686 bits per heavy atom. The Bertz CT molecular complexity index is 3800. The van der Waals surface area contributed by atoms with Crippen molar-refractivity contribution in [2.45, 2.75) is 12.4 Å². The van der Waals surface area contributed by atoms with Crippen molar-refractivity contribution in [2.24, 2.45) is 0 Å². The molecule has 0 bridgehead atoms. The van der Waals surface area contributed by atoms with Crippen molar-refractivity contribution in [1.82, 2.24) is 24.1 Å². The molecule has 0 saturated heterocycles. The number of rotatable bonds is 7. The molecular formula is C59H35F6N5. The third-order valence-electron chi connectivity index (χ3n) is 12.8. The standard InChI is InChI=1S/C59H35F6N5/c60-58(61,62)41-28-24-36(25-29-41)46-32-40(57-67-55(38-14-4-1-5-15-38)66-56(68-57)39-16-6-2-7-17-39)33-47(37-26-30-42(31-27-37)59(63,64)65)54(46)70-51-23-13-11-21-45(51)49-34-48-44-20-10-12-22-50(44)69(52(48)35-53(49)70)43-18-8-3-9-19-43/h1-35H. The van der Waals surface area contributed by atoms with E-state index in [2.05, 4.69) is 33.4 Å². The highest BCUT2D eigenvalue weighted by molar-refractivity contribution is 6.19. The number of halogens is 6. The van der Waals surface area contributed by atoms with Crippen LogP contribution in [0.4, 0.5) is 26.3 Å². The summed E-state index contributed by atoms with van der Waals surface area (Å²) < 4.78 is 89.9. The molecule has 70 heavy (non-hydrogen) atoms. The summed E-state index contributed by atoms with van der Waals surface area (Å²) in [7, 11) is 0. The SMILES string of the molecule is FC(F)(F)c1ccc(-c2cc(-c3nc(-c4ccccc4)nc(-c4ccccc4)n3)cc(-c3ccc(C(F)(F)F)cc3)c2-n2c3ccccc3c3cc4c5ccccc5n(-c5ccccc5)c4cc32)cc1. The van der Waals surface area contributed by atoms with Crippen molar-refractivity contribution >= 4 is 43.6 Å². The van der Waals surface area contributed by atoms with E-state index in [1.807, 2.05) is 140 Å². The first-order valence-corrected chi connectivity index (χ1v) is 22.4. The van der Waals surface area contributed by atoms with E-state index in [1.165, 1.54) is 24.3 Å². The highest BCUT2D eigenvalue weighted by Crippen LogP contribution is 2.46. The van der Waals surface area contributed by atoms with E-state index >= 15 is 0 Å². The number of hydrogen-bond donors (Lipinski definition) is 0. The summed E-state index contributed by atoms with van der Waals surface area (Å²) in [5.41, 5.74) is 6.93. The maximum Gasteiger partial charge on any atom is 0.416 e. The summed E-state index contributed by atoms with van der Waals surface area (Å²) in [6.07, 6.45) is -9.23. The van der Waals surface area contributed by atoms with E-state index < -0.39 is 23.5 Å². The molecule has 11 heteroatoms. The van der Waals surface area contributed by atoms with E-state index in [0.717, 1.165) is 84.7 Å². The lowest BCUT2D eigenvalue weighted by molar-refractivity contribution is -0.138. The highest BCUT2D eigenvalue weighted by Gasteiger charge is 2.32. The van der Waals surface area contributed by atoms with Crippen LogP contribution in [0.5, 0.6) is 0 Å². The third-order valence-corrected chi connectivity index (χ3v) is 12.8. The van der Waals surface area contributed by atoms with Crippen LogP contribution in [-0.2, 0) is 12.4 Å². The van der Waals surface area contributed by atoms with Gasteiger partial charge in [0, 0.05) is 55.0 Å². The van der Waals surface area contributed by atoms with Crippen molar-refractivity contribution in [2.75, 3.05) is 0 Å². The Labute approximate surface area is 396 Å². The molecule has 3 aromatic heterocycles. The minimum Gasteiger partial charge on any atom is -0.309 e. The van der Waals surface area contributed by atoms with Crippen LogP contribution in [0.25, 0.3) is 111 Å². The Morgan fingerprint density at radius 1 is 0.300 bits per heavy atom. The molecule has 0 fully saturated rings. The van der Waals surface area contributed by atoms with E-state index in [1.54, 1.807) is 0 Å². The zero-order valence-corrected chi connectivity index (χ0v) is 36.7. The summed E-state index contributed by atoms with van der Waals surface area (Å²) >= 11 is 0. The van der Waals surface area contributed by atoms with Crippen LogP contribution in [0.3, 0.4) is 0 Å². The Kier molecular flexibility index (Phi) is 9.99. The molecule has 3 heterocycles. The number of nitrogens with zero attached hydrogens (tertiary/aromatic N) is 5. The van der Waals surface area contributed by atoms with Crippen LogP contribution in [-0.4, -0.2) is 24.1 Å². The molecule has 0 aliphatic heterocycles. The normalized spacial score (nSPS) is 12.1. The largest absolute Gasteiger partial charge is 0.416 e. The fraction of sp³-hybridized carbons (Fsp3) is 0.0339. The van der Waals surface area contributed by atoms with Crippen LogP contribution in [0.15, 0.2) is 212 Å². The van der Waals surface area contributed by atoms with Crippen LogP contribution in [0, 0.1) is 0 Å². The van der Waals surface area contributed by atoms with E-state index in [4.69, 9.17) is 15.0 Å². The molecule has 12 rings (SSSR count). The molecule has 338 valence electrons. The van der Waals surface area contributed by atoms with Gasteiger partial charge in [-0.2, -0.15) is 26.3 Å². The zero-order chi connectivity index (χ0) is 47.7. The molecule has 0 radical (unpaired) electrons. The van der Waals surface area contributed by atoms with E-state index in [9.17, 15) is 26.3 Å². The minimum absolute atomic E-state index is 0.247. The van der Waals surface area contributed by atoms with Gasteiger partial charge < -0.3 is 9.13 Å². The van der Waals surface area contributed by atoms with Crippen LogP contribution in [0.2, 0.25) is 0 Å². The Morgan fingerprint density at radius 3 is 1.14 bits per heavy atom. The van der Waals surface area contributed by atoms with Gasteiger partial charge in [0.05, 0.1) is 38.9 Å². The van der Waals surface area contributed by atoms with Gasteiger partial charge in [0.25, 0.3) is 0 Å². The number of benzene rings is 9. The summed E-state index contributed by atoms with van der Waals surface area (Å²) in [6.45, 7) is 0. The van der Waals surface area contributed by atoms with Crippen LogP contribution >= 0.6 is 0 Å². The lowest BCUT2D eigenvalue weighted by atomic mass is 9.91. The minimum atomic E-state index is -4.61. The molecule has 0 aliphatic rings. The predicted octanol–water partition coefficient (Wildman–Crippen LogP) is 16.4. The predicted molar refractivity (Wildman–Crippen MR) is 266 cm³/mol. The van der Waals surface area contributed by atoms with Gasteiger partial charge in [-0.1, -0.05) is 140 Å². The monoisotopic (exact) mass is 927 g/mol. The maximum absolute atomic E-state index is 14.3. The van der Waals surface area contributed by atoms with Gasteiger partial charge in [0.2, 0.25) is 0 Å². The van der Waals surface area contributed by atoms with Gasteiger partial charge in [0.15, 0.2) is 17.5 Å². The van der Waals surface area contributed by atoms with Gasteiger partial charge in [-0.15, -0.1) is 0 Å². The van der Waals surface area contributed by atoms with Crippen molar-refractivity contribution in [3.8, 4) is 67.8 Å². The lowest BCUT2D eigenvalue weighted by Crippen LogP contribution is -2.06. The first kappa shape index (κ1) is 42.5. The second-order valence-electron chi connectivity index (χ2n) is 17.0. The fourth-order valence-corrected chi connectivity index (χ4v) is 9.59. The second kappa shape index (κ2) is 16.4. The van der Waals surface area contributed by atoms with E-state index in [0.29, 0.717) is 45.2 Å². The molecule has 0 spiro atoms. The summed E-state index contributed by atoms with van der Waals surface area (Å²) in [6, 6.07) is 62.8.